The number of nitrogens with two attached hydrogens (primary N) is 1. The highest BCUT2D eigenvalue weighted by Crippen LogP contribution is 2.24. The summed E-state index contributed by atoms with van der Waals surface area (Å²) in [6.45, 7) is 2.45. The van der Waals surface area contributed by atoms with Crippen LogP contribution in [0.1, 0.15) is 18.1 Å². The monoisotopic (exact) mass is 276 g/mol. The molecule has 2 aromatic rings. The first-order valence-corrected chi connectivity index (χ1v) is 6.58. The molecule has 4 heteroatoms. The van der Waals surface area contributed by atoms with Crippen molar-refractivity contribution >= 4 is 11.6 Å². The number of nitrogens with zero attached hydrogens (tertiary/aromatic N) is 1. The van der Waals surface area contributed by atoms with Crippen LogP contribution in [0.25, 0.3) is 0 Å². The van der Waals surface area contributed by atoms with E-state index >= 15 is 0 Å². The molecule has 1 heterocycles. The second kappa shape index (κ2) is 6.55. The molecule has 0 aliphatic carbocycles. The van der Waals surface area contributed by atoms with E-state index in [0.717, 1.165) is 23.3 Å². The number of hydrogen-bond donors (Lipinski definition) is 1. The Labute approximate surface area is 118 Å². The molecule has 0 fully saturated rings. The lowest BCUT2D eigenvalue weighted by atomic mass is 10.1. The van der Waals surface area contributed by atoms with E-state index in [1.807, 2.05) is 37.3 Å². The maximum atomic E-state index is 6.01. The van der Waals surface area contributed by atoms with Crippen LogP contribution in [-0.4, -0.2) is 11.0 Å². The minimum Gasteiger partial charge on any atom is -0.489 e. The fourth-order valence-corrected chi connectivity index (χ4v) is 2.03. The van der Waals surface area contributed by atoms with Gasteiger partial charge in [0.05, 0.1) is 0 Å². The minimum absolute atomic E-state index is 0.0687. The Bertz CT molecular complexity index is 529. The molecule has 1 aromatic carbocycles. The third-order valence-corrected chi connectivity index (χ3v) is 2.92. The number of ether oxygens (including phenoxy) is 1. The molecule has 0 aliphatic rings. The third kappa shape index (κ3) is 4.23. The highest BCUT2D eigenvalue weighted by molar-refractivity contribution is 6.30. The zero-order valence-electron chi connectivity index (χ0n) is 10.8. The predicted octanol–water partition coefficient (Wildman–Crippen LogP) is 3.20. The molecule has 1 unspecified atom stereocenters. The van der Waals surface area contributed by atoms with Crippen molar-refractivity contribution in [2.24, 2.45) is 5.73 Å². The summed E-state index contributed by atoms with van der Waals surface area (Å²) in [5.41, 5.74) is 7.91. The summed E-state index contributed by atoms with van der Waals surface area (Å²) >= 11 is 6.01. The Morgan fingerprint density at radius 2 is 2.21 bits per heavy atom. The van der Waals surface area contributed by atoms with Crippen molar-refractivity contribution in [3.8, 4) is 5.75 Å². The van der Waals surface area contributed by atoms with Gasteiger partial charge < -0.3 is 10.5 Å². The van der Waals surface area contributed by atoms with Crippen LogP contribution in [0.15, 0.2) is 42.7 Å². The number of pyridine rings is 1. The molecule has 0 bridgehead atoms. The fraction of sp³-hybridized carbons (Fsp3) is 0.267. The molecule has 2 N–H and O–H groups in total. The van der Waals surface area contributed by atoms with Crippen molar-refractivity contribution in [1.29, 1.82) is 0 Å². The smallest absolute Gasteiger partial charge is 0.123 e. The maximum Gasteiger partial charge on any atom is 0.123 e. The van der Waals surface area contributed by atoms with E-state index in [4.69, 9.17) is 22.1 Å². The van der Waals surface area contributed by atoms with Gasteiger partial charge in [0, 0.05) is 29.0 Å². The first-order valence-electron chi connectivity index (χ1n) is 6.21. The molecular weight excluding hydrogens is 260 g/mol. The van der Waals surface area contributed by atoms with Crippen molar-refractivity contribution in [3.63, 3.8) is 0 Å². The molecule has 1 atom stereocenters. The lowest BCUT2D eigenvalue weighted by Crippen LogP contribution is -2.18. The van der Waals surface area contributed by atoms with Gasteiger partial charge in [-0.2, -0.15) is 0 Å². The highest BCUT2D eigenvalue weighted by atomic mass is 35.5. The van der Waals surface area contributed by atoms with E-state index in [1.165, 1.54) is 0 Å². The van der Waals surface area contributed by atoms with Gasteiger partial charge in [0.25, 0.3) is 0 Å². The molecule has 19 heavy (non-hydrogen) atoms. The van der Waals surface area contributed by atoms with E-state index < -0.39 is 0 Å². The number of aromatic nitrogens is 1. The van der Waals surface area contributed by atoms with Crippen LogP contribution >= 0.6 is 11.6 Å². The Morgan fingerprint density at radius 1 is 1.37 bits per heavy atom. The zero-order chi connectivity index (χ0) is 13.7. The van der Waals surface area contributed by atoms with Crippen LogP contribution in [0, 0.1) is 0 Å². The Morgan fingerprint density at radius 3 is 2.89 bits per heavy atom. The lowest BCUT2D eigenvalue weighted by Gasteiger charge is -2.13. The van der Waals surface area contributed by atoms with E-state index in [1.54, 1.807) is 12.4 Å². The van der Waals surface area contributed by atoms with Crippen molar-refractivity contribution in [2.75, 3.05) is 0 Å². The lowest BCUT2D eigenvalue weighted by molar-refractivity contribution is 0.302. The third-order valence-electron chi connectivity index (χ3n) is 2.68. The van der Waals surface area contributed by atoms with Crippen LogP contribution in [0.3, 0.4) is 0 Å². The van der Waals surface area contributed by atoms with Crippen LogP contribution in [0.2, 0.25) is 5.02 Å². The molecule has 100 valence electrons. The van der Waals surface area contributed by atoms with Gasteiger partial charge in [-0.25, -0.2) is 0 Å². The summed E-state index contributed by atoms with van der Waals surface area (Å²) in [6.07, 6.45) is 4.28. The van der Waals surface area contributed by atoms with Crippen LogP contribution in [0.4, 0.5) is 0 Å². The Balaban J connectivity index is 2.11. The van der Waals surface area contributed by atoms with Crippen molar-refractivity contribution in [1.82, 2.24) is 4.98 Å². The molecule has 0 amide bonds. The molecule has 0 saturated heterocycles. The van der Waals surface area contributed by atoms with Gasteiger partial charge in [-0.05, 0) is 43.2 Å². The minimum atomic E-state index is 0.0687. The van der Waals surface area contributed by atoms with Gasteiger partial charge in [0.1, 0.15) is 12.4 Å². The van der Waals surface area contributed by atoms with Gasteiger partial charge in [0.2, 0.25) is 0 Å². The summed E-state index contributed by atoms with van der Waals surface area (Å²) in [5, 5.41) is 0.698. The molecule has 0 aliphatic heterocycles. The second-order valence-electron chi connectivity index (χ2n) is 4.58. The number of benzene rings is 1. The standard InChI is InChI=1S/C15H17ClN2O/c1-11(17)7-13-8-14(16)4-5-15(13)19-10-12-3-2-6-18-9-12/h2-6,8-9,11H,7,10,17H2,1H3. The number of rotatable bonds is 5. The Kier molecular flexibility index (Phi) is 4.77. The van der Waals surface area contributed by atoms with Crippen LogP contribution in [-0.2, 0) is 13.0 Å². The summed E-state index contributed by atoms with van der Waals surface area (Å²) in [6, 6.07) is 9.56. The quantitative estimate of drug-likeness (QED) is 0.912. The molecule has 0 spiro atoms. The summed E-state index contributed by atoms with van der Waals surface area (Å²) in [7, 11) is 0. The van der Waals surface area contributed by atoms with Crippen molar-refractivity contribution < 1.29 is 4.74 Å². The van der Waals surface area contributed by atoms with Gasteiger partial charge in [0.15, 0.2) is 0 Å². The van der Waals surface area contributed by atoms with E-state index in [9.17, 15) is 0 Å². The second-order valence-corrected chi connectivity index (χ2v) is 5.02. The van der Waals surface area contributed by atoms with Crippen molar-refractivity contribution in [2.45, 2.75) is 26.0 Å². The molecule has 0 saturated carbocycles. The number of halogens is 1. The normalized spacial score (nSPS) is 12.2. The summed E-state index contributed by atoms with van der Waals surface area (Å²) in [4.78, 5) is 4.06. The highest BCUT2D eigenvalue weighted by Gasteiger charge is 2.07. The molecule has 2 rings (SSSR count). The molecule has 0 radical (unpaired) electrons. The van der Waals surface area contributed by atoms with Gasteiger partial charge in [-0.15, -0.1) is 0 Å². The zero-order valence-corrected chi connectivity index (χ0v) is 11.6. The maximum absolute atomic E-state index is 6.01. The van der Waals surface area contributed by atoms with Gasteiger partial charge in [-0.3, -0.25) is 4.98 Å². The average molecular weight is 277 g/mol. The topological polar surface area (TPSA) is 48.1 Å². The van der Waals surface area contributed by atoms with Gasteiger partial charge in [-0.1, -0.05) is 17.7 Å². The summed E-state index contributed by atoms with van der Waals surface area (Å²) < 4.78 is 5.82. The van der Waals surface area contributed by atoms with Crippen LogP contribution in [0.5, 0.6) is 5.75 Å². The fourth-order valence-electron chi connectivity index (χ4n) is 1.84. The number of hydrogen-bond acceptors (Lipinski definition) is 3. The Hall–Kier alpha value is -1.58. The average Bonchev–Trinajstić information content (AvgIpc) is 2.38. The predicted molar refractivity (Wildman–Crippen MR) is 77.4 cm³/mol. The first kappa shape index (κ1) is 13.8. The van der Waals surface area contributed by atoms with Gasteiger partial charge >= 0.3 is 0 Å². The molecular formula is C15H17ClN2O. The van der Waals surface area contributed by atoms with Crippen LogP contribution < -0.4 is 10.5 Å². The van der Waals surface area contributed by atoms with E-state index in [0.29, 0.717) is 11.6 Å². The first-order chi connectivity index (χ1) is 9.15. The van der Waals surface area contributed by atoms with E-state index in [2.05, 4.69) is 4.98 Å². The SMILES string of the molecule is CC(N)Cc1cc(Cl)ccc1OCc1cccnc1. The summed E-state index contributed by atoms with van der Waals surface area (Å²) in [5.74, 6) is 0.825. The van der Waals surface area contributed by atoms with Crippen molar-refractivity contribution in [3.05, 3.63) is 58.9 Å². The van der Waals surface area contributed by atoms with E-state index in [-0.39, 0.29) is 6.04 Å². The molecule has 1 aromatic heterocycles. The largest absolute Gasteiger partial charge is 0.489 e. The molecule has 3 nitrogen and oxygen atoms in total.